The summed E-state index contributed by atoms with van der Waals surface area (Å²) in [6.45, 7) is 6.81. The van der Waals surface area contributed by atoms with E-state index in [0.717, 1.165) is 25.7 Å². The van der Waals surface area contributed by atoms with Gasteiger partial charge in [0.15, 0.2) is 0 Å². The topological polar surface area (TPSA) is 58.6 Å². The number of hydrogen-bond acceptors (Lipinski definition) is 3. The lowest BCUT2D eigenvalue weighted by Crippen LogP contribution is -2.48. The molecule has 0 aromatic heterocycles. The number of carbonyl (C=O) groups is 2. The van der Waals surface area contributed by atoms with Crippen LogP contribution in [0.5, 0.6) is 0 Å². The third-order valence-electron chi connectivity index (χ3n) is 5.72. The van der Waals surface area contributed by atoms with E-state index < -0.39 is 6.09 Å². The fraction of sp³-hybridized carbons (Fsp3) is 0.636. The normalized spacial score (nSPS) is 19.9. The van der Waals surface area contributed by atoms with E-state index in [1.54, 1.807) is 0 Å². The molecule has 0 heterocycles. The van der Waals surface area contributed by atoms with Gasteiger partial charge < -0.3 is 15.0 Å². The summed E-state index contributed by atoms with van der Waals surface area (Å²) in [4.78, 5) is 26.1. The smallest absolute Gasteiger partial charge is 0.406 e. The standard InChI is InChI=1S/C22H34N2O3/c1-6-8-18(14-23-22(26)27-5)21(25)24(4)20-12-19(13-20)17-10-7-9-16(11-17)15(2)3/h7,9-11,15,18-20H,6,8,12-14H2,1-5H3,(H,23,26)/t18-,19?,20?/m1/s1. The molecule has 0 radical (unpaired) electrons. The molecule has 0 saturated heterocycles. The molecule has 27 heavy (non-hydrogen) atoms. The molecule has 5 nitrogen and oxygen atoms in total. The van der Waals surface area contributed by atoms with Crippen molar-refractivity contribution in [2.45, 2.75) is 64.3 Å². The first-order valence-electron chi connectivity index (χ1n) is 10.1. The predicted octanol–water partition coefficient (Wildman–Crippen LogP) is 4.29. The van der Waals surface area contributed by atoms with Crippen molar-refractivity contribution in [1.29, 1.82) is 0 Å². The van der Waals surface area contributed by atoms with Crippen LogP contribution in [-0.4, -0.2) is 43.6 Å². The SMILES string of the molecule is CCC[C@H](CNC(=O)OC)C(=O)N(C)C1CC(c2cccc(C(C)C)c2)C1. The van der Waals surface area contributed by atoms with Crippen molar-refractivity contribution in [3.8, 4) is 0 Å². The maximum absolute atomic E-state index is 12.9. The van der Waals surface area contributed by atoms with Crippen LogP contribution in [0.2, 0.25) is 0 Å². The monoisotopic (exact) mass is 374 g/mol. The summed E-state index contributed by atoms with van der Waals surface area (Å²) >= 11 is 0. The molecular weight excluding hydrogens is 340 g/mol. The van der Waals surface area contributed by atoms with Crippen LogP contribution in [0.15, 0.2) is 24.3 Å². The lowest BCUT2D eigenvalue weighted by atomic mass is 9.74. The van der Waals surface area contributed by atoms with Gasteiger partial charge in [-0.1, -0.05) is 51.5 Å². The van der Waals surface area contributed by atoms with Crippen molar-refractivity contribution in [1.82, 2.24) is 10.2 Å². The van der Waals surface area contributed by atoms with E-state index in [1.807, 2.05) is 11.9 Å². The quantitative estimate of drug-likeness (QED) is 0.738. The van der Waals surface area contributed by atoms with Crippen LogP contribution < -0.4 is 5.32 Å². The predicted molar refractivity (Wildman–Crippen MR) is 108 cm³/mol. The highest BCUT2D eigenvalue weighted by atomic mass is 16.5. The van der Waals surface area contributed by atoms with Crippen molar-refractivity contribution in [2.75, 3.05) is 20.7 Å². The Labute approximate surface area is 163 Å². The molecule has 2 amide bonds. The fourth-order valence-electron chi connectivity index (χ4n) is 3.76. The maximum atomic E-state index is 12.9. The van der Waals surface area contributed by atoms with Crippen LogP contribution in [-0.2, 0) is 9.53 Å². The minimum atomic E-state index is -0.486. The zero-order chi connectivity index (χ0) is 20.0. The molecule has 0 aliphatic heterocycles. The Morgan fingerprint density at radius 2 is 2.00 bits per heavy atom. The van der Waals surface area contributed by atoms with Gasteiger partial charge in [0, 0.05) is 19.6 Å². The van der Waals surface area contributed by atoms with Crippen LogP contribution in [0.25, 0.3) is 0 Å². The van der Waals surface area contributed by atoms with Gasteiger partial charge >= 0.3 is 6.09 Å². The molecule has 1 fully saturated rings. The van der Waals surface area contributed by atoms with E-state index in [2.05, 4.69) is 55.1 Å². The van der Waals surface area contributed by atoms with Crippen molar-refractivity contribution in [3.63, 3.8) is 0 Å². The molecule has 1 aromatic rings. The lowest BCUT2D eigenvalue weighted by molar-refractivity contribution is -0.138. The van der Waals surface area contributed by atoms with Crippen molar-refractivity contribution in [2.24, 2.45) is 5.92 Å². The van der Waals surface area contributed by atoms with Crippen LogP contribution in [0, 0.1) is 5.92 Å². The largest absolute Gasteiger partial charge is 0.453 e. The summed E-state index contributed by atoms with van der Waals surface area (Å²) in [5, 5.41) is 2.67. The van der Waals surface area contributed by atoms with Gasteiger partial charge in [-0.15, -0.1) is 0 Å². The summed E-state index contributed by atoms with van der Waals surface area (Å²) in [5.41, 5.74) is 2.76. The molecule has 1 aliphatic rings. The molecule has 0 bridgehead atoms. The molecule has 1 N–H and O–H groups in total. The van der Waals surface area contributed by atoms with Crippen LogP contribution in [0.1, 0.15) is 69.4 Å². The highest BCUT2D eigenvalue weighted by Crippen LogP contribution is 2.40. The molecule has 1 atom stereocenters. The summed E-state index contributed by atoms with van der Waals surface area (Å²) in [7, 11) is 3.23. The Morgan fingerprint density at radius 1 is 1.30 bits per heavy atom. The number of ether oxygens (including phenoxy) is 1. The maximum Gasteiger partial charge on any atom is 0.406 e. The second-order valence-electron chi connectivity index (χ2n) is 7.95. The molecule has 1 aromatic carbocycles. The minimum absolute atomic E-state index is 0.118. The van der Waals surface area contributed by atoms with Gasteiger partial charge in [-0.2, -0.15) is 0 Å². The summed E-state index contributed by atoms with van der Waals surface area (Å²) in [6.07, 6.45) is 3.20. The molecule has 1 aliphatic carbocycles. The van der Waals surface area contributed by atoms with Crippen molar-refractivity contribution in [3.05, 3.63) is 35.4 Å². The number of nitrogens with one attached hydrogen (secondary N) is 1. The van der Waals surface area contributed by atoms with Gasteiger partial charge in [0.2, 0.25) is 5.91 Å². The summed E-state index contributed by atoms with van der Waals surface area (Å²) < 4.78 is 4.61. The fourth-order valence-corrected chi connectivity index (χ4v) is 3.76. The molecule has 1 saturated carbocycles. The number of amides is 2. The van der Waals surface area contributed by atoms with Gasteiger partial charge in [-0.05, 0) is 42.2 Å². The highest BCUT2D eigenvalue weighted by molar-refractivity contribution is 5.80. The van der Waals surface area contributed by atoms with Gasteiger partial charge in [-0.3, -0.25) is 4.79 Å². The molecule has 150 valence electrons. The number of methoxy groups -OCH3 is 1. The van der Waals surface area contributed by atoms with E-state index in [0.29, 0.717) is 18.4 Å². The van der Waals surface area contributed by atoms with E-state index in [4.69, 9.17) is 0 Å². The van der Waals surface area contributed by atoms with Gasteiger partial charge in [0.25, 0.3) is 0 Å². The average Bonchev–Trinajstić information content (AvgIpc) is 2.63. The van der Waals surface area contributed by atoms with Gasteiger partial charge in [0.05, 0.1) is 13.0 Å². The summed E-state index contributed by atoms with van der Waals surface area (Å²) in [5.74, 6) is 0.985. The van der Waals surface area contributed by atoms with E-state index in [9.17, 15) is 9.59 Å². The first-order valence-corrected chi connectivity index (χ1v) is 10.1. The zero-order valence-corrected chi connectivity index (χ0v) is 17.3. The third kappa shape index (κ3) is 5.47. The summed E-state index contributed by atoms with van der Waals surface area (Å²) in [6, 6.07) is 9.12. The van der Waals surface area contributed by atoms with Gasteiger partial charge in [-0.25, -0.2) is 4.79 Å². The van der Waals surface area contributed by atoms with Crippen LogP contribution >= 0.6 is 0 Å². The Hall–Kier alpha value is -2.04. The number of nitrogens with zero attached hydrogens (tertiary/aromatic N) is 1. The van der Waals surface area contributed by atoms with E-state index in [1.165, 1.54) is 18.2 Å². The zero-order valence-electron chi connectivity index (χ0n) is 17.3. The number of benzene rings is 1. The second-order valence-corrected chi connectivity index (χ2v) is 7.95. The molecular formula is C22H34N2O3. The number of rotatable bonds is 8. The van der Waals surface area contributed by atoms with Crippen molar-refractivity contribution < 1.29 is 14.3 Å². The molecule has 0 spiro atoms. The Morgan fingerprint density at radius 3 is 2.59 bits per heavy atom. The first-order chi connectivity index (χ1) is 12.9. The van der Waals surface area contributed by atoms with Gasteiger partial charge in [0.1, 0.15) is 0 Å². The second kappa shape index (κ2) is 9.77. The first kappa shape index (κ1) is 21.3. The number of alkyl carbamates (subject to hydrolysis) is 1. The van der Waals surface area contributed by atoms with Crippen LogP contribution in [0.3, 0.4) is 0 Å². The lowest BCUT2D eigenvalue weighted by Gasteiger charge is -2.42. The van der Waals surface area contributed by atoms with E-state index >= 15 is 0 Å². The average molecular weight is 375 g/mol. The molecule has 0 unspecified atom stereocenters. The minimum Gasteiger partial charge on any atom is -0.453 e. The molecule has 2 rings (SSSR count). The highest BCUT2D eigenvalue weighted by Gasteiger charge is 2.36. The van der Waals surface area contributed by atoms with Crippen LogP contribution in [0.4, 0.5) is 4.79 Å². The van der Waals surface area contributed by atoms with Crippen molar-refractivity contribution >= 4 is 12.0 Å². The third-order valence-corrected chi connectivity index (χ3v) is 5.72. The Kier molecular flexibility index (Phi) is 7.69. The Bertz CT molecular complexity index is 638. The molecule has 5 heteroatoms. The number of carbonyl (C=O) groups excluding carboxylic acids is 2. The van der Waals surface area contributed by atoms with E-state index in [-0.39, 0.29) is 17.9 Å². The Balaban J connectivity index is 1.92. The number of hydrogen-bond donors (Lipinski definition) is 1.